The van der Waals surface area contributed by atoms with Crippen LogP contribution in [0.25, 0.3) is 0 Å². The summed E-state index contributed by atoms with van der Waals surface area (Å²) < 4.78 is 4.73. The lowest BCUT2D eigenvalue weighted by atomic mass is 9.97. The van der Waals surface area contributed by atoms with Gasteiger partial charge in [-0.1, -0.05) is 6.07 Å². The Balaban J connectivity index is 2.32. The fourth-order valence-corrected chi connectivity index (χ4v) is 2.36. The molecule has 0 unspecified atom stereocenters. The van der Waals surface area contributed by atoms with Crippen LogP contribution in [0.15, 0.2) is 18.2 Å². The number of rotatable bonds is 1. The van der Waals surface area contributed by atoms with Crippen LogP contribution >= 0.6 is 0 Å². The van der Waals surface area contributed by atoms with Crippen LogP contribution in [0.1, 0.15) is 34.3 Å². The number of carbonyl (C=O) groups excluding carboxylic acids is 2. The third-order valence-corrected chi connectivity index (χ3v) is 3.58. The van der Waals surface area contributed by atoms with Crippen LogP contribution < -0.4 is 0 Å². The summed E-state index contributed by atoms with van der Waals surface area (Å²) >= 11 is 0. The van der Waals surface area contributed by atoms with Crippen molar-refractivity contribution in [1.29, 1.82) is 0 Å². The third kappa shape index (κ3) is 3.13. The minimum Gasteiger partial charge on any atom is -0.465 e. The largest absolute Gasteiger partial charge is 0.465 e. The van der Waals surface area contributed by atoms with Crippen molar-refractivity contribution in [3.63, 3.8) is 0 Å². The van der Waals surface area contributed by atoms with Gasteiger partial charge < -0.3 is 9.64 Å². The van der Waals surface area contributed by atoms with Crippen molar-refractivity contribution in [1.82, 2.24) is 4.90 Å². The van der Waals surface area contributed by atoms with Gasteiger partial charge >= 0.3 is 5.97 Å². The molecule has 0 saturated carbocycles. The van der Waals surface area contributed by atoms with Crippen molar-refractivity contribution in [3.8, 4) is 0 Å². The van der Waals surface area contributed by atoms with Gasteiger partial charge in [-0.05, 0) is 42.5 Å². The lowest BCUT2D eigenvalue weighted by molar-refractivity contribution is -0.129. The molecule has 0 bridgehead atoms. The number of methoxy groups -OCH3 is 1. The second kappa shape index (κ2) is 5.87. The molecule has 0 saturated heterocycles. The topological polar surface area (TPSA) is 46.6 Å². The monoisotopic (exact) mass is 261 g/mol. The Labute approximate surface area is 113 Å². The maximum atomic E-state index is 12.0. The summed E-state index contributed by atoms with van der Waals surface area (Å²) in [4.78, 5) is 25.3. The summed E-state index contributed by atoms with van der Waals surface area (Å²) in [5.41, 5.74) is 2.67. The molecule has 0 fully saturated rings. The van der Waals surface area contributed by atoms with E-state index in [1.54, 1.807) is 11.0 Å². The van der Waals surface area contributed by atoms with Crippen molar-refractivity contribution in [2.75, 3.05) is 20.7 Å². The number of esters is 1. The van der Waals surface area contributed by atoms with Crippen LogP contribution in [0, 0.1) is 0 Å². The predicted molar refractivity (Wildman–Crippen MR) is 72.1 cm³/mol. The average Bonchev–Trinajstić information content (AvgIpc) is 2.49. The molecule has 0 radical (unpaired) electrons. The molecular weight excluding hydrogens is 242 g/mol. The van der Waals surface area contributed by atoms with Gasteiger partial charge in [0.1, 0.15) is 0 Å². The van der Waals surface area contributed by atoms with Gasteiger partial charge in [0, 0.05) is 13.6 Å². The molecule has 1 aromatic rings. The summed E-state index contributed by atoms with van der Waals surface area (Å²) in [6.07, 6.45) is 3.33. The van der Waals surface area contributed by atoms with Crippen LogP contribution in [0.3, 0.4) is 0 Å². The minimum atomic E-state index is -0.328. The fourth-order valence-electron chi connectivity index (χ4n) is 2.36. The Bertz CT molecular complexity index is 496. The van der Waals surface area contributed by atoms with E-state index in [-0.39, 0.29) is 11.9 Å². The van der Waals surface area contributed by atoms with Crippen LogP contribution in [-0.4, -0.2) is 37.5 Å². The fraction of sp³-hybridized carbons (Fsp3) is 0.467. The van der Waals surface area contributed by atoms with Crippen molar-refractivity contribution >= 4 is 11.9 Å². The molecule has 0 N–H and O–H groups in total. The molecule has 1 aliphatic heterocycles. The molecule has 1 aliphatic rings. The molecule has 4 heteroatoms. The molecule has 1 aromatic carbocycles. The molecule has 19 heavy (non-hydrogen) atoms. The van der Waals surface area contributed by atoms with Gasteiger partial charge in [-0.3, -0.25) is 4.79 Å². The first kappa shape index (κ1) is 13.6. The van der Waals surface area contributed by atoms with E-state index in [2.05, 4.69) is 0 Å². The zero-order valence-electron chi connectivity index (χ0n) is 11.4. The maximum Gasteiger partial charge on any atom is 0.337 e. The summed E-state index contributed by atoms with van der Waals surface area (Å²) in [6.45, 7) is 0.802. The number of ether oxygens (including phenoxy) is 1. The second-order valence-corrected chi connectivity index (χ2v) is 4.92. The summed E-state index contributed by atoms with van der Waals surface area (Å²) in [5, 5.41) is 0. The lowest BCUT2D eigenvalue weighted by Crippen LogP contribution is -2.28. The van der Waals surface area contributed by atoms with Gasteiger partial charge in [0.25, 0.3) is 0 Å². The quantitative estimate of drug-likeness (QED) is 0.724. The molecule has 0 aliphatic carbocycles. The number of fused-ring (bicyclic) bond motifs is 1. The zero-order chi connectivity index (χ0) is 13.8. The number of hydrogen-bond donors (Lipinski definition) is 0. The van der Waals surface area contributed by atoms with Gasteiger partial charge in [0.05, 0.1) is 19.1 Å². The zero-order valence-corrected chi connectivity index (χ0v) is 11.4. The predicted octanol–water partition coefficient (Wildman–Crippen LogP) is 1.81. The van der Waals surface area contributed by atoms with Gasteiger partial charge in [0.2, 0.25) is 5.91 Å². The summed E-state index contributed by atoms with van der Waals surface area (Å²) in [5.74, 6) is -0.194. The highest BCUT2D eigenvalue weighted by atomic mass is 16.5. The van der Waals surface area contributed by atoms with E-state index in [4.69, 9.17) is 4.74 Å². The molecule has 102 valence electrons. The highest BCUT2D eigenvalue weighted by Gasteiger charge is 2.16. The average molecular weight is 261 g/mol. The van der Waals surface area contributed by atoms with Crippen LogP contribution in [0.5, 0.6) is 0 Å². The molecule has 0 spiro atoms. The van der Waals surface area contributed by atoms with E-state index in [1.807, 2.05) is 19.2 Å². The Morgan fingerprint density at radius 3 is 2.79 bits per heavy atom. The first-order valence-corrected chi connectivity index (χ1v) is 6.56. The Hall–Kier alpha value is -1.84. The van der Waals surface area contributed by atoms with E-state index in [9.17, 15) is 9.59 Å². The molecular formula is C15H19NO3. The third-order valence-electron chi connectivity index (χ3n) is 3.58. The van der Waals surface area contributed by atoms with Crippen molar-refractivity contribution in [2.24, 2.45) is 0 Å². The van der Waals surface area contributed by atoms with Gasteiger partial charge in [-0.15, -0.1) is 0 Å². The second-order valence-electron chi connectivity index (χ2n) is 4.92. The number of nitrogens with zero attached hydrogens (tertiary/aromatic N) is 1. The number of aryl methyl sites for hydroxylation is 1. The molecule has 2 rings (SSSR count). The van der Waals surface area contributed by atoms with Crippen LogP contribution in [-0.2, 0) is 22.4 Å². The maximum absolute atomic E-state index is 12.0. The SMILES string of the molecule is COC(=O)c1ccc2c(c1)CCCCN(C)C(=O)C2. The number of carbonyl (C=O) groups is 2. The highest BCUT2D eigenvalue weighted by molar-refractivity contribution is 5.90. The van der Waals surface area contributed by atoms with E-state index in [0.29, 0.717) is 12.0 Å². The van der Waals surface area contributed by atoms with Crippen molar-refractivity contribution in [3.05, 3.63) is 34.9 Å². The first-order valence-electron chi connectivity index (χ1n) is 6.56. The van der Waals surface area contributed by atoms with Gasteiger partial charge in [-0.25, -0.2) is 4.79 Å². The van der Waals surface area contributed by atoms with E-state index >= 15 is 0 Å². The molecule has 1 amide bonds. The summed E-state index contributed by atoms with van der Waals surface area (Å²) in [6, 6.07) is 5.47. The standard InChI is InChI=1S/C15H19NO3/c1-16-8-4-3-5-11-9-13(15(18)19-2)7-6-12(11)10-14(16)17/h6-7,9H,3-5,8,10H2,1-2H3. The highest BCUT2D eigenvalue weighted by Crippen LogP contribution is 2.19. The van der Waals surface area contributed by atoms with E-state index in [1.165, 1.54) is 7.11 Å². The van der Waals surface area contributed by atoms with Gasteiger partial charge in [0.15, 0.2) is 0 Å². The number of hydrogen-bond acceptors (Lipinski definition) is 3. The Morgan fingerprint density at radius 1 is 1.26 bits per heavy atom. The van der Waals surface area contributed by atoms with Crippen molar-refractivity contribution in [2.45, 2.75) is 25.7 Å². The molecule has 0 aromatic heterocycles. The molecule has 0 atom stereocenters. The Morgan fingerprint density at radius 2 is 2.05 bits per heavy atom. The van der Waals surface area contributed by atoms with Crippen LogP contribution in [0.2, 0.25) is 0 Å². The number of benzene rings is 1. The molecule has 4 nitrogen and oxygen atoms in total. The molecule has 1 heterocycles. The van der Waals surface area contributed by atoms with E-state index < -0.39 is 0 Å². The Kier molecular flexibility index (Phi) is 4.20. The lowest BCUT2D eigenvalue weighted by Gasteiger charge is -2.15. The number of likely N-dealkylation sites (N-methyl/N-ethyl adjacent to an activating group) is 1. The number of amides is 1. The summed E-state index contributed by atoms with van der Waals surface area (Å²) in [7, 11) is 3.22. The smallest absolute Gasteiger partial charge is 0.337 e. The van der Waals surface area contributed by atoms with Gasteiger partial charge in [-0.2, -0.15) is 0 Å². The minimum absolute atomic E-state index is 0.133. The first-order chi connectivity index (χ1) is 9.11. The normalized spacial score (nSPS) is 16.1. The van der Waals surface area contributed by atoms with Crippen LogP contribution in [0.4, 0.5) is 0 Å². The van der Waals surface area contributed by atoms with Crippen molar-refractivity contribution < 1.29 is 14.3 Å². The van der Waals surface area contributed by atoms with E-state index in [0.717, 1.165) is 36.9 Å².